The highest BCUT2D eigenvalue weighted by molar-refractivity contribution is 5.91. The van der Waals surface area contributed by atoms with Crippen LogP contribution < -0.4 is 5.73 Å². The Hall–Kier alpha value is -1.78. The summed E-state index contributed by atoms with van der Waals surface area (Å²) in [7, 11) is 0. The van der Waals surface area contributed by atoms with Gasteiger partial charge in [0.2, 0.25) is 11.8 Å². The molecule has 1 saturated heterocycles. The molecule has 0 saturated carbocycles. The van der Waals surface area contributed by atoms with Gasteiger partial charge in [-0.3, -0.25) is 9.59 Å². The van der Waals surface area contributed by atoms with E-state index in [-0.39, 0.29) is 13.0 Å². The SMILES string of the molecule is N#CC1CCN(C(=O)[CH]CC(F)(F)F)[C@H](C(N)=O)C1. The molecule has 0 spiro atoms. The summed E-state index contributed by atoms with van der Waals surface area (Å²) >= 11 is 0. The second-order valence-corrected chi connectivity index (χ2v) is 4.32. The minimum atomic E-state index is -4.47. The molecule has 105 valence electrons. The number of hydrogen-bond acceptors (Lipinski definition) is 3. The zero-order valence-electron chi connectivity index (χ0n) is 9.98. The molecule has 0 aliphatic carbocycles. The van der Waals surface area contributed by atoms with Crippen LogP contribution in [0.3, 0.4) is 0 Å². The van der Waals surface area contributed by atoms with Gasteiger partial charge in [-0.25, -0.2) is 0 Å². The highest BCUT2D eigenvalue weighted by Gasteiger charge is 2.36. The summed E-state index contributed by atoms with van der Waals surface area (Å²) in [4.78, 5) is 23.9. The molecule has 2 N–H and O–H groups in total. The van der Waals surface area contributed by atoms with E-state index in [1.54, 1.807) is 0 Å². The minimum Gasteiger partial charge on any atom is -0.368 e. The molecule has 1 heterocycles. The van der Waals surface area contributed by atoms with Crippen molar-refractivity contribution in [3.8, 4) is 6.07 Å². The van der Waals surface area contributed by atoms with Crippen molar-refractivity contribution >= 4 is 11.8 Å². The smallest absolute Gasteiger partial charge is 0.368 e. The number of likely N-dealkylation sites (tertiary alicyclic amines) is 1. The van der Waals surface area contributed by atoms with Crippen molar-refractivity contribution in [2.24, 2.45) is 11.7 Å². The predicted octanol–water partition coefficient (Wildman–Crippen LogP) is 0.759. The fourth-order valence-electron chi connectivity index (χ4n) is 1.94. The topological polar surface area (TPSA) is 87.2 Å². The number of halogens is 3. The van der Waals surface area contributed by atoms with Crippen molar-refractivity contribution in [3.63, 3.8) is 0 Å². The molecule has 1 aliphatic heterocycles. The number of primary amides is 1. The number of alkyl halides is 3. The number of nitrogens with two attached hydrogens (primary N) is 1. The van der Waals surface area contributed by atoms with E-state index in [1.165, 1.54) is 0 Å². The molecule has 19 heavy (non-hydrogen) atoms. The van der Waals surface area contributed by atoms with Crippen molar-refractivity contribution in [1.82, 2.24) is 4.90 Å². The number of hydrogen-bond donors (Lipinski definition) is 1. The van der Waals surface area contributed by atoms with E-state index < -0.39 is 36.4 Å². The molecular weight excluding hydrogens is 263 g/mol. The van der Waals surface area contributed by atoms with Crippen LogP contribution in [0.4, 0.5) is 13.2 Å². The standard InChI is InChI=1S/C11H13F3N3O2/c12-11(13,14)3-1-9(18)17-4-2-7(6-15)5-8(17)10(16)19/h1,7-8H,2-5H2,(H2,16,19)/t7?,8-/m0/s1. The fourth-order valence-corrected chi connectivity index (χ4v) is 1.94. The summed E-state index contributed by atoms with van der Waals surface area (Å²) in [5, 5.41) is 8.76. The minimum absolute atomic E-state index is 0.0546. The van der Waals surface area contributed by atoms with Crippen LogP contribution in [-0.2, 0) is 9.59 Å². The van der Waals surface area contributed by atoms with Crippen LogP contribution >= 0.6 is 0 Å². The van der Waals surface area contributed by atoms with Crippen LogP contribution in [-0.4, -0.2) is 35.5 Å². The summed E-state index contributed by atoms with van der Waals surface area (Å²) in [6, 6.07) is 0.950. The largest absolute Gasteiger partial charge is 0.389 e. The van der Waals surface area contributed by atoms with Crippen LogP contribution in [0, 0.1) is 23.7 Å². The summed E-state index contributed by atoms with van der Waals surface area (Å²) in [5.74, 6) is -2.10. The molecule has 2 amide bonds. The molecular formula is C11H13F3N3O2. The van der Waals surface area contributed by atoms with Crippen molar-refractivity contribution in [1.29, 1.82) is 5.26 Å². The summed E-state index contributed by atoms with van der Waals surface area (Å²) in [6.07, 6.45) is -4.94. The maximum Gasteiger partial charge on any atom is 0.389 e. The third kappa shape index (κ3) is 4.43. The van der Waals surface area contributed by atoms with Gasteiger partial charge in [-0.1, -0.05) is 0 Å². The molecule has 1 radical (unpaired) electrons. The Kier molecular flexibility index (Phi) is 4.75. The number of carbonyl (C=O) groups is 2. The number of rotatable bonds is 3. The first-order valence-electron chi connectivity index (χ1n) is 5.64. The first-order valence-corrected chi connectivity index (χ1v) is 5.64. The van der Waals surface area contributed by atoms with Gasteiger partial charge in [0, 0.05) is 6.54 Å². The monoisotopic (exact) mass is 276 g/mol. The molecule has 2 atom stereocenters. The van der Waals surface area contributed by atoms with E-state index in [1.807, 2.05) is 6.07 Å². The molecule has 0 aromatic carbocycles. The van der Waals surface area contributed by atoms with Crippen LogP contribution in [0.5, 0.6) is 0 Å². The number of carbonyl (C=O) groups excluding carboxylic acids is 2. The van der Waals surface area contributed by atoms with Gasteiger partial charge in [0.05, 0.1) is 24.8 Å². The zero-order chi connectivity index (χ0) is 14.6. The first-order chi connectivity index (χ1) is 8.74. The van der Waals surface area contributed by atoms with E-state index in [0.29, 0.717) is 12.8 Å². The van der Waals surface area contributed by atoms with Gasteiger partial charge in [-0.15, -0.1) is 0 Å². The molecule has 1 unspecified atom stereocenters. The van der Waals surface area contributed by atoms with Crippen molar-refractivity contribution in [2.45, 2.75) is 31.5 Å². The second kappa shape index (κ2) is 5.91. The molecule has 1 aliphatic rings. The number of nitriles is 1. The molecule has 1 fully saturated rings. The molecule has 0 aromatic heterocycles. The van der Waals surface area contributed by atoms with Crippen molar-refractivity contribution < 1.29 is 22.8 Å². The van der Waals surface area contributed by atoms with Crippen LogP contribution in [0.1, 0.15) is 19.3 Å². The van der Waals surface area contributed by atoms with E-state index in [2.05, 4.69) is 0 Å². The summed E-state index contributed by atoms with van der Waals surface area (Å²) < 4.78 is 36.1. The Balaban J connectivity index is 2.67. The lowest BCUT2D eigenvalue weighted by Crippen LogP contribution is -2.52. The number of amides is 2. The Bertz CT molecular complexity index is 403. The highest BCUT2D eigenvalue weighted by atomic mass is 19.4. The zero-order valence-corrected chi connectivity index (χ0v) is 9.98. The van der Waals surface area contributed by atoms with Gasteiger partial charge >= 0.3 is 6.18 Å². The quantitative estimate of drug-likeness (QED) is 0.825. The molecule has 5 nitrogen and oxygen atoms in total. The highest BCUT2D eigenvalue weighted by Crippen LogP contribution is 2.25. The molecule has 1 rings (SSSR count). The van der Waals surface area contributed by atoms with Gasteiger partial charge in [-0.05, 0) is 12.8 Å². The summed E-state index contributed by atoms with van der Waals surface area (Å²) in [6.45, 7) is 0.0546. The maximum absolute atomic E-state index is 12.0. The lowest BCUT2D eigenvalue weighted by Gasteiger charge is -2.35. The lowest BCUT2D eigenvalue weighted by atomic mass is 9.91. The molecule has 0 bridgehead atoms. The molecule has 8 heteroatoms. The van der Waals surface area contributed by atoms with Crippen molar-refractivity contribution in [2.75, 3.05) is 6.54 Å². The average Bonchev–Trinajstić information content (AvgIpc) is 2.34. The first kappa shape index (κ1) is 15.3. The maximum atomic E-state index is 12.0. The van der Waals surface area contributed by atoms with E-state index in [9.17, 15) is 22.8 Å². The van der Waals surface area contributed by atoms with E-state index in [4.69, 9.17) is 11.0 Å². The van der Waals surface area contributed by atoms with Crippen molar-refractivity contribution in [3.05, 3.63) is 6.42 Å². The summed E-state index contributed by atoms with van der Waals surface area (Å²) in [5.41, 5.74) is 5.12. The third-order valence-corrected chi connectivity index (χ3v) is 2.90. The average molecular weight is 276 g/mol. The van der Waals surface area contributed by atoms with Gasteiger partial charge < -0.3 is 10.6 Å². The second-order valence-electron chi connectivity index (χ2n) is 4.32. The van der Waals surface area contributed by atoms with Gasteiger partial charge in [0.25, 0.3) is 0 Å². The lowest BCUT2D eigenvalue weighted by molar-refractivity contribution is -0.145. The van der Waals surface area contributed by atoms with Crippen LogP contribution in [0.2, 0.25) is 0 Å². The van der Waals surface area contributed by atoms with Gasteiger partial charge in [0.1, 0.15) is 6.04 Å². The fraction of sp³-hybridized carbons (Fsp3) is 0.636. The van der Waals surface area contributed by atoms with E-state index >= 15 is 0 Å². The molecule has 0 aromatic rings. The third-order valence-electron chi connectivity index (χ3n) is 2.90. The van der Waals surface area contributed by atoms with Gasteiger partial charge in [0.15, 0.2) is 0 Å². The van der Waals surface area contributed by atoms with Crippen LogP contribution in [0.15, 0.2) is 0 Å². The Morgan fingerprint density at radius 1 is 1.47 bits per heavy atom. The number of piperidine rings is 1. The Labute approximate surface area is 108 Å². The van der Waals surface area contributed by atoms with E-state index in [0.717, 1.165) is 4.90 Å². The van der Waals surface area contributed by atoms with Gasteiger partial charge in [-0.2, -0.15) is 18.4 Å². The Morgan fingerprint density at radius 2 is 2.11 bits per heavy atom. The number of nitrogens with zero attached hydrogens (tertiary/aromatic N) is 2. The normalized spacial score (nSPS) is 23.8. The predicted molar refractivity (Wildman–Crippen MR) is 58.0 cm³/mol. The Morgan fingerprint density at radius 3 is 2.58 bits per heavy atom. The van der Waals surface area contributed by atoms with Crippen LogP contribution in [0.25, 0.3) is 0 Å².